The molecule has 0 unspecified atom stereocenters. The van der Waals surface area contributed by atoms with Gasteiger partial charge in [0.05, 0.1) is 0 Å². The van der Waals surface area contributed by atoms with E-state index in [1.165, 1.54) is 26.4 Å². The summed E-state index contributed by atoms with van der Waals surface area (Å²) < 4.78 is 41.2. The van der Waals surface area contributed by atoms with Gasteiger partial charge in [0, 0.05) is 38.1 Å². The average molecular weight is 342 g/mol. The number of nitrogens with one attached hydrogen (secondary N) is 1. The molecule has 1 amide bonds. The van der Waals surface area contributed by atoms with Crippen molar-refractivity contribution in [2.45, 2.75) is 12.2 Å². The second kappa shape index (κ2) is 6.30. The maximum atomic E-state index is 13.2. The van der Waals surface area contributed by atoms with Crippen LogP contribution in [0.5, 0.6) is 0 Å². The fraction of sp³-hybridized carbons (Fsp3) is 0.286. The van der Waals surface area contributed by atoms with E-state index < -0.39 is 35.1 Å². The summed E-state index contributed by atoms with van der Waals surface area (Å²) in [6.07, 6.45) is -2.51. The molecule has 0 bridgehead atoms. The molecule has 0 radical (unpaired) electrons. The van der Waals surface area contributed by atoms with Gasteiger partial charge in [0.1, 0.15) is 5.69 Å². The largest absolute Gasteiger partial charge is 0.412 e. The summed E-state index contributed by atoms with van der Waals surface area (Å²) in [7, 11) is 2.38. The summed E-state index contributed by atoms with van der Waals surface area (Å²) in [6.45, 7) is 0. The smallest absolute Gasteiger partial charge is 0.335 e. The lowest BCUT2D eigenvalue weighted by atomic mass is 10.1. The van der Waals surface area contributed by atoms with Gasteiger partial charge in [-0.3, -0.25) is 23.7 Å². The first-order valence-electron chi connectivity index (χ1n) is 6.67. The number of halogens is 3. The van der Waals surface area contributed by atoms with E-state index in [1.54, 1.807) is 5.32 Å². The van der Waals surface area contributed by atoms with E-state index in [0.29, 0.717) is 0 Å². The molecule has 0 fully saturated rings. The second-order valence-electron chi connectivity index (χ2n) is 5.00. The minimum absolute atomic E-state index is 0.271. The highest BCUT2D eigenvalue weighted by Gasteiger charge is 2.42. The zero-order chi connectivity index (χ0) is 18.1. The van der Waals surface area contributed by atoms with Gasteiger partial charge in [-0.05, 0) is 6.07 Å². The summed E-state index contributed by atoms with van der Waals surface area (Å²) in [4.78, 5) is 39.2. The van der Waals surface area contributed by atoms with Crippen molar-refractivity contribution in [3.05, 3.63) is 62.7 Å². The van der Waals surface area contributed by atoms with Crippen LogP contribution in [0.3, 0.4) is 0 Å². The minimum Gasteiger partial charge on any atom is -0.335 e. The monoisotopic (exact) mass is 342 g/mol. The van der Waals surface area contributed by atoms with Gasteiger partial charge in [-0.15, -0.1) is 0 Å². The third-order valence-corrected chi connectivity index (χ3v) is 3.38. The number of hydrogen-bond donors (Lipinski definition) is 1. The van der Waals surface area contributed by atoms with E-state index in [1.807, 2.05) is 0 Å². The Balaban J connectivity index is 2.43. The molecular formula is C14H13F3N4O3. The fourth-order valence-corrected chi connectivity index (χ4v) is 2.06. The molecule has 2 rings (SSSR count). The first-order chi connectivity index (χ1) is 11.1. The summed E-state index contributed by atoms with van der Waals surface area (Å²) in [5, 5.41) is 1.79. The van der Waals surface area contributed by atoms with Crippen LogP contribution in [0.15, 0.2) is 40.2 Å². The summed E-state index contributed by atoms with van der Waals surface area (Å²) >= 11 is 0. The first kappa shape index (κ1) is 17.4. The van der Waals surface area contributed by atoms with Crippen LogP contribution in [0.4, 0.5) is 13.2 Å². The molecule has 7 nitrogen and oxygen atoms in total. The highest BCUT2D eigenvalue weighted by Crippen LogP contribution is 2.32. The topological polar surface area (TPSA) is 86.0 Å². The molecule has 0 spiro atoms. The molecule has 2 aromatic rings. The zero-order valence-electron chi connectivity index (χ0n) is 12.7. The average Bonchev–Trinajstić information content (AvgIpc) is 2.53. The van der Waals surface area contributed by atoms with Crippen molar-refractivity contribution in [2.75, 3.05) is 0 Å². The van der Waals surface area contributed by atoms with Gasteiger partial charge in [-0.1, -0.05) is 6.07 Å². The van der Waals surface area contributed by atoms with E-state index in [9.17, 15) is 27.6 Å². The number of hydrogen-bond acceptors (Lipinski definition) is 4. The van der Waals surface area contributed by atoms with E-state index in [-0.39, 0.29) is 5.56 Å². The fourth-order valence-electron chi connectivity index (χ4n) is 2.06. The van der Waals surface area contributed by atoms with Gasteiger partial charge in [-0.25, -0.2) is 4.79 Å². The SMILES string of the molecule is Cn1c(C(=O)N[C@@H](c2cccnc2)C(F)(F)F)cc(=O)n(C)c1=O. The lowest BCUT2D eigenvalue weighted by Gasteiger charge is -2.22. The lowest BCUT2D eigenvalue weighted by molar-refractivity contribution is -0.155. The number of pyridine rings is 1. The van der Waals surface area contributed by atoms with Crippen LogP contribution in [0.25, 0.3) is 0 Å². The Bertz CT molecular complexity index is 872. The van der Waals surface area contributed by atoms with Crippen LogP contribution in [0, 0.1) is 0 Å². The third-order valence-electron chi connectivity index (χ3n) is 3.38. The Morgan fingerprint density at radius 3 is 2.46 bits per heavy atom. The van der Waals surface area contributed by atoms with Gasteiger partial charge in [0.25, 0.3) is 11.5 Å². The number of nitrogens with zero attached hydrogens (tertiary/aromatic N) is 3. The molecule has 0 aliphatic carbocycles. The number of carbonyl (C=O) groups is 1. The van der Waals surface area contributed by atoms with Crippen LogP contribution in [-0.4, -0.2) is 26.2 Å². The van der Waals surface area contributed by atoms with Crippen molar-refractivity contribution in [3.63, 3.8) is 0 Å². The predicted octanol–water partition coefficient (Wildman–Crippen LogP) is 0.512. The molecule has 0 aliphatic rings. The van der Waals surface area contributed by atoms with Crippen LogP contribution < -0.4 is 16.6 Å². The maximum Gasteiger partial charge on any atom is 0.412 e. The molecule has 1 N–H and O–H groups in total. The summed E-state index contributed by atoms with van der Waals surface area (Å²) in [5.41, 5.74) is -2.36. The molecule has 0 aliphatic heterocycles. The summed E-state index contributed by atoms with van der Waals surface area (Å²) in [6, 6.07) is 0.939. The highest BCUT2D eigenvalue weighted by atomic mass is 19.4. The Hall–Kier alpha value is -2.91. The highest BCUT2D eigenvalue weighted by molar-refractivity contribution is 5.92. The van der Waals surface area contributed by atoms with E-state index in [4.69, 9.17) is 0 Å². The number of carbonyl (C=O) groups excluding carboxylic acids is 1. The van der Waals surface area contributed by atoms with Gasteiger partial charge in [-0.2, -0.15) is 13.2 Å². The zero-order valence-corrected chi connectivity index (χ0v) is 12.7. The van der Waals surface area contributed by atoms with Gasteiger partial charge in [0.15, 0.2) is 6.04 Å². The van der Waals surface area contributed by atoms with Gasteiger partial charge >= 0.3 is 11.9 Å². The van der Waals surface area contributed by atoms with Crippen LogP contribution in [0.1, 0.15) is 22.1 Å². The first-order valence-corrected chi connectivity index (χ1v) is 6.67. The molecule has 0 aromatic carbocycles. The molecule has 2 heterocycles. The van der Waals surface area contributed by atoms with E-state index in [0.717, 1.165) is 27.5 Å². The van der Waals surface area contributed by atoms with Gasteiger partial charge in [0.2, 0.25) is 0 Å². The minimum atomic E-state index is -4.78. The number of aromatic nitrogens is 3. The van der Waals surface area contributed by atoms with Gasteiger partial charge < -0.3 is 5.32 Å². The molecule has 24 heavy (non-hydrogen) atoms. The standard InChI is InChI=1S/C14H13F3N4O3/c1-20-9(6-10(22)21(2)13(20)24)12(23)19-11(14(15,16)17)8-4-3-5-18-7-8/h3-7,11H,1-2H3,(H,19,23)/t11-/m0/s1. The van der Waals surface area contributed by atoms with Crippen molar-refractivity contribution in [3.8, 4) is 0 Å². The van der Waals surface area contributed by atoms with Crippen LogP contribution in [0.2, 0.25) is 0 Å². The number of rotatable bonds is 3. The van der Waals surface area contributed by atoms with Crippen molar-refractivity contribution in [2.24, 2.45) is 14.1 Å². The Morgan fingerprint density at radius 1 is 1.25 bits per heavy atom. The Labute approximate surface area is 133 Å². The number of amides is 1. The van der Waals surface area contributed by atoms with Crippen molar-refractivity contribution < 1.29 is 18.0 Å². The normalized spacial score (nSPS) is 12.7. The van der Waals surface area contributed by atoms with Crippen LogP contribution in [-0.2, 0) is 14.1 Å². The molecular weight excluding hydrogens is 329 g/mol. The molecule has 128 valence electrons. The Kier molecular flexibility index (Phi) is 4.58. The maximum absolute atomic E-state index is 13.2. The van der Waals surface area contributed by atoms with E-state index >= 15 is 0 Å². The Morgan fingerprint density at radius 2 is 1.92 bits per heavy atom. The van der Waals surface area contributed by atoms with Crippen molar-refractivity contribution in [1.82, 2.24) is 19.4 Å². The molecule has 0 saturated heterocycles. The lowest BCUT2D eigenvalue weighted by Crippen LogP contribution is -2.44. The van der Waals surface area contributed by atoms with Crippen LogP contribution >= 0.6 is 0 Å². The van der Waals surface area contributed by atoms with E-state index in [2.05, 4.69) is 4.98 Å². The molecule has 10 heteroatoms. The molecule has 1 atom stereocenters. The van der Waals surface area contributed by atoms with Crippen molar-refractivity contribution in [1.29, 1.82) is 0 Å². The summed E-state index contributed by atoms with van der Waals surface area (Å²) in [5.74, 6) is -1.20. The molecule has 0 saturated carbocycles. The predicted molar refractivity (Wildman–Crippen MR) is 77.4 cm³/mol. The molecule has 2 aromatic heterocycles. The quantitative estimate of drug-likeness (QED) is 0.881. The second-order valence-corrected chi connectivity index (χ2v) is 5.00. The number of alkyl halides is 3. The van der Waals surface area contributed by atoms with Crippen molar-refractivity contribution >= 4 is 5.91 Å². The third kappa shape index (κ3) is 3.36.